The molecule has 0 heterocycles. The number of rotatable bonds is 63. The minimum Gasteiger partial charge on any atom is -0.756 e. The summed E-state index contributed by atoms with van der Waals surface area (Å²) in [4.78, 5) is 25.7. The van der Waals surface area contributed by atoms with Crippen molar-refractivity contribution in [1.82, 2.24) is 5.32 Å². The molecule has 83 heavy (non-hydrogen) atoms. The van der Waals surface area contributed by atoms with Gasteiger partial charge in [0, 0.05) is 6.42 Å². The highest BCUT2D eigenvalue weighted by atomic mass is 31.2. The van der Waals surface area contributed by atoms with E-state index in [4.69, 9.17) is 9.05 Å². The Morgan fingerprint density at radius 3 is 1.06 bits per heavy atom. The Bertz CT molecular complexity index is 1720. The van der Waals surface area contributed by atoms with Crippen LogP contribution >= 0.6 is 7.82 Å². The third kappa shape index (κ3) is 66.5. The number of unbranched alkanes of at least 4 members (excludes halogenated alkanes) is 32. The molecule has 0 aromatic carbocycles. The van der Waals surface area contributed by atoms with Crippen LogP contribution in [0.15, 0.2) is 109 Å². The first-order valence-corrected chi connectivity index (χ1v) is 36.2. The molecule has 3 unspecified atom stereocenters. The molecule has 480 valence electrons. The number of likely N-dealkylation sites (N-methyl/N-ethyl adjacent to an activating group) is 1. The lowest BCUT2D eigenvalue weighted by Crippen LogP contribution is -2.46. The zero-order chi connectivity index (χ0) is 60.5. The van der Waals surface area contributed by atoms with Crippen molar-refractivity contribution < 1.29 is 32.9 Å². The fraction of sp³-hybridized carbons (Fsp3) is 0.743. The van der Waals surface area contributed by atoms with E-state index in [-0.39, 0.29) is 19.1 Å². The molecule has 0 aliphatic rings. The minimum absolute atomic E-state index is 0.000146. The Morgan fingerprint density at radius 2 is 0.735 bits per heavy atom. The van der Waals surface area contributed by atoms with E-state index in [2.05, 4.69) is 129 Å². The molecule has 9 heteroatoms. The summed E-state index contributed by atoms with van der Waals surface area (Å²) >= 11 is 0. The number of aliphatic hydroxyl groups is 1. The maximum absolute atomic E-state index is 13.0. The van der Waals surface area contributed by atoms with Crippen LogP contribution in [0.4, 0.5) is 0 Å². The number of phosphoric ester groups is 1. The van der Waals surface area contributed by atoms with Crippen molar-refractivity contribution >= 4 is 13.7 Å². The van der Waals surface area contributed by atoms with Gasteiger partial charge in [-0.25, -0.2) is 0 Å². The Hall–Kier alpha value is -2.84. The molecule has 0 spiro atoms. The monoisotopic (exact) mass is 1180 g/mol. The predicted octanol–water partition coefficient (Wildman–Crippen LogP) is 21.6. The van der Waals surface area contributed by atoms with Gasteiger partial charge in [-0.15, -0.1) is 0 Å². The third-order valence-corrected chi connectivity index (χ3v) is 16.2. The lowest BCUT2D eigenvalue weighted by Gasteiger charge is -2.30. The quantitative estimate of drug-likeness (QED) is 0.0272. The second-order valence-corrected chi connectivity index (χ2v) is 25.9. The zero-order valence-corrected chi connectivity index (χ0v) is 55.8. The van der Waals surface area contributed by atoms with E-state index in [0.717, 1.165) is 103 Å². The molecule has 2 N–H and O–H groups in total. The molecule has 8 nitrogen and oxygen atoms in total. The molecule has 3 atom stereocenters. The molecule has 0 aliphatic heterocycles. The summed E-state index contributed by atoms with van der Waals surface area (Å²) in [6.07, 6.45) is 93.1. The van der Waals surface area contributed by atoms with E-state index in [0.29, 0.717) is 23.9 Å². The van der Waals surface area contributed by atoms with Crippen molar-refractivity contribution in [3.8, 4) is 0 Å². The average molecular weight is 1180 g/mol. The van der Waals surface area contributed by atoms with Crippen LogP contribution in [0.2, 0.25) is 0 Å². The van der Waals surface area contributed by atoms with Gasteiger partial charge in [-0.05, 0) is 83.5 Å². The Labute approximate surface area is 514 Å². The van der Waals surface area contributed by atoms with Crippen LogP contribution in [0, 0.1) is 0 Å². The fourth-order valence-corrected chi connectivity index (χ4v) is 10.6. The topological polar surface area (TPSA) is 108 Å². The van der Waals surface area contributed by atoms with Gasteiger partial charge >= 0.3 is 0 Å². The predicted molar refractivity (Wildman–Crippen MR) is 362 cm³/mol. The van der Waals surface area contributed by atoms with E-state index >= 15 is 0 Å². The molecule has 0 saturated heterocycles. The van der Waals surface area contributed by atoms with E-state index in [1.807, 2.05) is 21.1 Å². The van der Waals surface area contributed by atoms with Gasteiger partial charge in [0.1, 0.15) is 13.2 Å². The first-order chi connectivity index (χ1) is 40.5. The maximum Gasteiger partial charge on any atom is 0.268 e. The maximum atomic E-state index is 13.0. The standard InChI is InChI=1S/C74H133N2O6P/c1-6-8-10-12-14-16-18-20-22-24-26-28-30-32-34-36-38-40-42-44-46-48-50-52-54-56-58-60-62-64-66-68-74(78)75-72(71-82-83(79,80)81-70-69-76(3,4)5)73(77)67-65-63-61-59-57-55-53-51-49-47-45-43-41-39-37-35-33-31-29-27-25-23-21-19-17-15-13-11-9-7-2/h8,10,14,16,20,22,26,28,32,34,38,40,44,46,50,52,56,58,72-73,77H,6-7,9,11-13,15,17-19,21,23-25,27,29-31,33,35-37,39,41-43,45,47-49,51,53-55,57,59-71H2,1-5H3,(H-,75,78,79,80)/b10-8-,16-14-,22-20-,28-26-,34-32-,40-38-,46-44-,52-50-,58-56-. The molecule has 0 saturated carbocycles. The summed E-state index contributed by atoms with van der Waals surface area (Å²) in [6, 6.07) is -0.829. The Kier molecular flexibility index (Phi) is 61.5. The van der Waals surface area contributed by atoms with Crippen molar-refractivity contribution in [2.75, 3.05) is 40.9 Å². The zero-order valence-electron chi connectivity index (χ0n) is 54.9. The number of hydrogen-bond acceptors (Lipinski definition) is 6. The normalized spacial score (nSPS) is 14.3. The van der Waals surface area contributed by atoms with Crippen LogP contribution in [0.25, 0.3) is 0 Å². The summed E-state index contributed by atoms with van der Waals surface area (Å²) < 4.78 is 23.5. The lowest BCUT2D eigenvalue weighted by molar-refractivity contribution is -0.870. The van der Waals surface area contributed by atoms with Gasteiger partial charge in [-0.1, -0.05) is 322 Å². The Morgan fingerprint density at radius 1 is 0.434 bits per heavy atom. The molecular weight excluding hydrogens is 1040 g/mol. The second-order valence-electron chi connectivity index (χ2n) is 24.5. The fourth-order valence-electron chi connectivity index (χ4n) is 9.92. The summed E-state index contributed by atoms with van der Waals surface area (Å²) in [5.74, 6) is -0.197. The van der Waals surface area contributed by atoms with Gasteiger partial charge < -0.3 is 28.8 Å². The van der Waals surface area contributed by atoms with Gasteiger partial charge in [0.15, 0.2) is 0 Å². The smallest absolute Gasteiger partial charge is 0.268 e. The highest BCUT2D eigenvalue weighted by Gasteiger charge is 2.24. The number of nitrogens with one attached hydrogen (secondary N) is 1. The summed E-state index contributed by atoms with van der Waals surface area (Å²) in [7, 11) is 1.27. The SMILES string of the molecule is CC/C=C\C/C=C\C/C=C\C/C=C\C/C=C\C/C=C\C/C=C\C/C=C\C/C=C\CCCCCC(=O)NC(COP(=O)([O-])OCC[N+](C)(C)C)C(O)CCCCCCCCCCCCCCCCCCCCCCCCCCCCCCCC. The molecule has 1 amide bonds. The molecule has 0 aliphatic carbocycles. The van der Waals surface area contributed by atoms with Crippen LogP contribution in [0.3, 0.4) is 0 Å². The summed E-state index contributed by atoms with van der Waals surface area (Å²) in [5.41, 5.74) is 0. The molecule has 0 bridgehead atoms. The van der Waals surface area contributed by atoms with E-state index in [1.54, 1.807) is 0 Å². The molecule has 0 fully saturated rings. The van der Waals surface area contributed by atoms with Crippen molar-refractivity contribution in [1.29, 1.82) is 0 Å². The van der Waals surface area contributed by atoms with Crippen LogP contribution in [-0.4, -0.2) is 68.5 Å². The van der Waals surface area contributed by atoms with Gasteiger partial charge in [0.05, 0.1) is 39.9 Å². The number of amides is 1. The van der Waals surface area contributed by atoms with Crippen molar-refractivity contribution in [3.63, 3.8) is 0 Å². The van der Waals surface area contributed by atoms with Crippen LogP contribution in [0.5, 0.6) is 0 Å². The number of allylic oxidation sites excluding steroid dienone is 18. The number of phosphoric acid groups is 1. The van der Waals surface area contributed by atoms with E-state index < -0.39 is 20.0 Å². The van der Waals surface area contributed by atoms with E-state index in [1.165, 1.54) is 173 Å². The summed E-state index contributed by atoms with van der Waals surface area (Å²) in [6.45, 7) is 4.60. The number of quaternary nitrogens is 1. The van der Waals surface area contributed by atoms with Crippen molar-refractivity contribution in [2.24, 2.45) is 0 Å². The first-order valence-electron chi connectivity index (χ1n) is 34.7. The highest BCUT2D eigenvalue weighted by Crippen LogP contribution is 2.38. The number of hydrogen-bond donors (Lipinski definition) is 2. The van der Waals surface area contributed by atoms with E-state index in [9.17, 15) is 19.4 Å². The minimum atomic E-state index is -4.60. The molecule has 0 aromatic rings. The second kappa shape index (κ2) is 63.7. The van der Waals surface area contributed by atoms with Gasteiger partial charge in [-0.2, -0.15) is 0 Å². The number of carbonyl (C=O) groups excluding carboxylic acids is 1. The number of carbonyl (C=O) groups is 1. The van der Waals surface area contributed by atoms with Crippen LogP contribution < -0.4 is 10.2 Å². The molecule has 0 radical (unpaired) electrons. The number of nitrogens with zero attached hydrogens (tertiary/aromatic N) is 1. The first kappa shape index (κ1) is 80.2. The molecule has 0 rings (SSSR count). The Balaban J connectivity index is 4.16. The molecular formula is C74H133N2O6P. The van der Waals surface area contributed by atoms with Crippen molar-refractivity contribution in [2.45, 2.75) is 315 Å². The van der Waals surface area contributed by atoms with Crippen LogP contribution in [-0.2, 0) is 18.4 Å². The number of aliphatic hydroxyl groups excluding tert-OH is 1. The highest BCUT2D eigenvalue weighted by molar-refractivity contribution is 7.45. The van der Waals surface area contributed by atoms with Gasteiger partial charge in [0.25, 0.3) is 7.82 Å². The van der Waals surface area contributed by atoms with Gasteiger partial charge in [-0.3, -0.25) is 9.36 Å². The largest absolute Gasteiger partial charge is 0.756 e. The summed E-state index contributed by atoms with van der Waals surface area (Å²) in [5, 5.41) is 14.1. The van der Waals surface area contributed by atoms with Crippen LogP contribution in [0.1, 0.15) is 303 Å². The third-order valence-electron chi connectivity index (χ3n) is 15.3. The average Bonchev–Trinajstić information content (AvgIpc) is 3.49. The van der Waals surface area contributed by atoms with Gasteiger partial charge in [0.2, 0.25) is 5.91 Å². The van der Waals surface area contributed by atoms with Crippen molar-refractivity contribution in [3.05, 3.63) is 109 Å². The lowest BCUT2D eigenvalue weighted by atomic mass is 10.0. The molecule has 0 aromatic heterocycles.